The largest absolute Gasteiger partial charge is 1.00 e. The quantitative estimate of drug-likeness (QED) is 0.501. The molecule has 0 unspecified atom stereocenters. The molecule has 0 bridgehead atoms. The number of carbonyl (C=O) groups excluding carboxylic acids is 1. The smallest absolute Gasteiger partial charge is 0.543 e. The third kappa shape index (κ3) is 2.93. The molecule has 6 heteroatoms. The first kappa shape index (κ1) is 13.4. The Morgan fingerprint density at radius 3 is 2.44 bits per heavy atom. The number of nitrogens with zero attached hydrogens (tertiary/aromatic N) is 3. The Labute approximate surface area is 116 Å². The van der Waals surface area contributed by atoms with Crippen molar-refractivity contribution in [1.82, 2.24) is 9.97 Å². The van der Waals surface area contributed by atoms with Gasteiger partial charge in [0.15, 0.2) is 5.82 Å². The number of hydrogen-bond acceptors (Lipinski definition) is 5. The average molecular weight is 229 g/mol. The van der Waals surface area contributed by atoms with Gasteiger partial charge in [0.05, 0.1) is 5.97 Å². The molecule has 1 aromatic heterocycles. The van der Waals surface area contributed by atoms with E-state index in [1.807, 2.05) is 4.90 Å². The van der Waals surface area contributed by atoms with Gasteiger partial charge in [-0.15, -0.1) is 0 Å². The van der Waals surface area contributed by atoms with Crippen LogP contribution in [0.2, 0.25) is 0 Å². The average Bonchev–Trinajstić information content (AvgIpc) is 2.30. The monoisotopic (exact) mass is 229 g/mol. The zero-order chi connectivity index (χ0) is 10.7. The van der Waals surface area contributed by atoms with Crippen LogP contribution in [0.5, 0.6) is 0 Å². The minimum Gasteiger partial charge on any atom is -0.543 e. The van der Waals surface area contributed by atoms with Gasteiger partial charge in [-0.3, -0.25) is 0 Å². The van der Waals surface area contributed by atoms with E-state index in [1.165, 1.54) is 18.8 Å². The van der Waals surface area contributed by atoms with Gasteiger partial charge in [-0.1, -0.05) is 0 Å². The summed E-state index contributed by atoms with van der Waals surface area (Å²) < 4.78 is 0. The van der Waals surface area contributed by atoms with Gasteiger partial charge in [0.25, 0.3) is 0 Å². The van der Waals surface area contributed by atoms with E-state index in [-0.39, 0.29) is 35.3 Å². The van der Waals surface area contributed by atoms with Crippen LogP contribution in [0.15, 0.2) is 12.4 Å². The molecule has 0 aromatic carbocycles. The van der Waals surface area contributed by atoms with Crippen molar-refractivity contribution in [3.05, 3.63) is 18.1 Å². The predicted octanol–water partition coefficient (Wildman–Crippen LogP) is -3.17. The molecule has 0 aliphatic carbocycles. The summed E-state index contributed by atoms with van der Waals surface area (Å²) in [5, 5.41) is 10.8. The van der Waals surface area contributed by atoms with E-state index >= 15 is 0 Å². The third-order valence-electron chi connectivity index (χ3n) is 2.53. The fraction of sp³-hybridized carbons (Fsp3) is 0.500. The zero-order valence-electron chi connectivity index (χ0n) is 9.35. The van der Waals surface area contributed by atoms with Gasteiger partial charge < -0.3 is 14.8 Å². The van der Waals surface area contributed by atoms with E-state index in [2.05, 4.69) is 9.97 Å². The Morgan fingerprint density at radius 2 is 1.81 bits per heavy atom. The van der Waals surface area contributed by atoms with E-state index in [1.54, 1.807) is 0 Å². The summed E-state index contributed by atoms with van der Waals surface area (Å²) >= 11 is 0. The first-order valence-corrected chi connectivity index (χ1v) is 5.06. The normalized spacial score (nSPS) is 15.4. The van der Waals surface area contributed by atoms with Gasteiger partial charge in [-0.05, 0) is 19.3 Å². The summed E-state index contributed by atoms with van der Waals surface area (Å²) in [7, 11) is 0. The number of aromatic carboxylic acids is 1. The molecular formula is C10H12N3NaO2. The number of aromatic nitrogens is 2. The van der Waals surface area contributed by atoms with Crippen molar-refractivity contribution in [1.29, 1.82) is 0 Å². The van der Waals surface area contributed by atoms with Crippen LogP contribution in [0.1, 0.15) is 29.8 Å². The number of hydrogen-bond donors (Lipinski definition) is 0. The minimum atomic E-state index is -1.26. The van der Waals surface area contributed by atoms with E-state index < -0.39 is 5.97 Å². The van der Waals surface area contributed by atoms with Gasteiger partial charge in [0.2, 0.25) is 0 Å². The number of carboxylic acids is 1. The van der Waals surface area contributed by atoms with Gasteiger partial charge in [-0.25, -0.2) is 9.97 Å². The van der Waals surface area contributed by atoms with Crippen LogP contribution in [0.25, 0.3) is 0 Å². The van der Waals surface area contributed by atoms with Crippen molar-refractivity contribution in [2.24, 2.45) is 0 Å². The molecule has 0 spiro atoms. The summed E-state index contributed by atoms with van der Waals surface area (Å²) in [5.41, 5.74) is -0.0561. The first-order valence-electron chi connectivity index (χ1n) is 5.06. The summed E-state index contributed by atoms with van der Waals surface area (Å²) in [6.07, 6.45) is 6.22. The molecule has 80 valence electrons. The molecule has 2 rings (SSSR count). The predicted molar refractivity (Wildman–Crippen MR) is 52.4 cm³/mol. The number of rotatable bonds is 2. The van der Waals surface area contributed by atoms with Crippen LogP contribution in [0.4, 0.5) is 5.82 Å². The third-order valence-corrected chi connectivity index (χ3v) is 2.53. The maximum atomic E-state index is 10.8. The second kappa shape index (κ2) is 6.18. The summed E-state index contributed by atoms with van der Waals surface area (Å²) in [6, 6.07) is 0. The molecule has 0 radical (unpaired) electrons. The van der Waals surface area contributed by atoms with E-state index in [0.29, 0.717) is 5.82 Å². The second-order valence-electron chi connectivity index (χ2n) is 3.56. The summed E-state index contributed by atoms with van der Waals surface area (Å²) in [6.45, 7) is 1.69. The van der Waals surface area contributed by atoms with Crippen LogP contribution < -0.4 is 39.6 Å². The molecule has 0 saturated carbocycles. The van der Waals surface area contributed by atoms with Gasteiger partial charge in [-0.2, -0.15) is 0 Å². The van der Waals surface area contributed by atoms with Gasteiger partial charge in [0.1, 0.15) is 5.69 Å². The Hall–Kier alpha value is -0.650. The van der Waals surface area contributed by atoms with Crippen LogP contribution >= 0.6 is 0 Å². The molecular weight excluding hydrogens is 217 g/mol. The minimum absolute atomic E-state index is 0. The second-order valence-corrected chi connectivity index (χ2v) is 3.56. The molecule has 0 atom stereocenters. The van der Waals surface area contributed by atoms with E-state index in [0.717, 1.165) is 25.9 Å². The van der Waals surface area contributed by atoms with E-state index in [4.69, 9.17) is 0 Å². The van der Waals surface area contributed by atoms with E-state index in [9.17, 15) is 9.90 Å². The zero-order valence-corrected chi connectivity index (χ0v) is 11.3. The van der Waals surface area contributed by atoms with Crippen LogP contribution in [0, 0.1) is 0 Å². The first-order chi connectivity index (χ1) is 7.29. The fourth-order valence-corrected chi connectivity index (χ4v) is 1.81. The topological polar surface area (TPSA) is 69.1 Å². The standard InChI is InChI=1S/C10H13N3O2.Na/c14-10(15)8-9(12-5-4-11-8)13-6-2-1-3-7-13;/h4-5H,1-3,6-7H2,(H,14,15);/q;+1/p-1. The summed E-state index contributed by atoms with van der Waals surface area (Å²) in [5.74, 6) is -0.819. The Balaban J connectivity index is 0.00000128. The van der Waals surface area contributed by atoms with Gasteiger partial charge in [0, 0.05) is 25.5 Å². The van der Waals surface area contributed by atoms with Crippen LogP contribution in [-0.4, -0.2) is 29.0 Å². The fourth-order valence-electron chi connectivity index (χ4n) is 1.81. The van der Waals surface area contributed by atoms with Crippen molar-refractivity contribution >= 4 is 11.8 Å². The van der Waals surface area contributed by atoms with Crippen molar-refractivity contribution in [2.45, 2.75) is 19.3 Å². The van der Waals surface area contributed by atoms with Crippen molar-refractivity contribution < 1.29 is 39.5 Å². The molecule has 16 heavy (non-hydrogen) atoms. The van der Waals surface area contributed by atoms with Crippen LogP contribution in [-0.2, 0) is 0 Å². The van der Waals surface area contributed by atoms with Crippen molar-refractivity contribution in [3.8, 4) is 0 Å². The Kier molecular flexibility index (Phi) is 5.18. The van der Waals surface area contributed by atoms with Crippen molar-refractivity contribution in [2.75, 3.05) is 18.0 Å². The molecule has 0 N–H and O–H groups in total. The molecule has 2 heterocycles. The number of carboxylic acid groups (broad SMARTS) is 1. The summed E-state index contributed by atoms with van der Waals surface area (Å²) in [4.78, 5) is 20.6. The van der Waals surface area contributed by atoms with Crippen molar-refractivity contribution in [3.63, 3.8) is 0 Å². The Bertz CT molecular complexity index is 367. The maximum absolute atomic E-state index is 10.8. The SMILES string of the molecule is O=C([O-])c1nccnc1N1CCCCC1.[Na+]. The molecule has 1 aliphatic heterocycles. The molecule has 1 aromatic rings. The maximum Gasteiger partial charge on any atom is 1.00 e. The van der Waals surface area contributed by atoms with Gasteiger partial charge >= 0.3 is 29.6 Å². The molecule has 1 saturated heterocycles. The molecule has 1 aliphatic rings. The number of anilines is 1. The molecule has 0 amide bonds. The number of piperidine rings is 1. The molecule has 1 fully saturated rings. The molecule has 5 nitrogen and oxygen atoms in total. The number of carbonyl (C=O) groups is 1. The Morgan fingerprint density at radius 1 is 1.19 bits per heavy atom. The van der Waals surface area contributed by atoms with Crippen LogP contribution in [0.3, 0.4) is 0 Å².